The van der Waals surface area contributed by atoms with E-state index in [1.165, 1.54) is 6.07 Å². The number of pyridine rings is 1. The van der Waals surface area contributed by atoms with Crippen molar-refractivity contribution in [2.24, 2.45) is 0 Å². The van der Waals surface area contributed by atoms with Crippen molar-refractivity contribution >= 4 is 0 Å². The minimum atomic E-state index is -0.325. The van der Waals surface area contributed by atoms with E-state index in [-0.39, 0.29) is 11.2 Å². The third-order valence-corrected chi connectivity index (χ3v) is 3.36. The van der Waals surface area contributed by atoms with E-state index < -0.39 is 0 Å². The summed E-state index contributed by atoms with van der Waals surface area (Å²) in [5, 5.41) is 9.64. The first-order valence-corrected chi connectivity index (χ1v) is 7.48. The fraction of sp³-hybridized carbons (Fsp3) is 0.471. The number of rotatable bonds is 10. The Morgan fingerprint density at radius 2 is 1.95 bits per heavy atom. The molecule has 1 aromatic heterocycles. The van der Waals surface area contributed by atoms with Crippen LogP contribution < -0.4 is 5.43 Å². The normalized spacial score (nSPS) is 10.8. The fourth-order valence-electron chi connectivity index (χ4n) is 2.28. The molecule has 0 saturated carbocycles. The summed E-state index contributed by atoms with van der Waals surface area (Å²) >= 11 is 0. The molecule has 0 unspecified atom stereocenters. The molecule has 0 amide bonds. The van der Waals surface area contributed by atoms with E-state index in [1.54, 1.807) is 6.20 Å². The Morgan fingerprint density at radius 1 is 1.29 bits per heavy atom. The van der Waals surface area contributed by atoms with Crippen LogP contribution in [0.4, 0.5) is 0 Å². The van der Waals surface area contributed by atoms with Crippen molar-refractivity contribution in [1.29, 1.82) is 0 Å². The molecule has 0 saturated heterocycles. The lowest BCUT2D eigenvalue weighted by atomic mass is 10.2. The zero-order valence-corrected chi connectivity index (χ0v) is 12.9. The molecule has 116 valence electrons. The Hall–Kier alpha value is -1.81. The SMILES string of the molecule is C=CCN(CC=C)Cc1cc(=O)c(O)cn1CCCCC. The second-order valence-electron chi connectivity index (χ2n) is 5.19. The zero-order chi connectivity index (χ0) is 15.7. The summed E-state index contributed by atoms with van der Waals surface area (Å²) in [4.78, 5) is 13.8. The standard InChI is InChI=1S/C17H26N2O2/c1-4-7-8-11-19-14-17(21)16(20)12-15(19)13-18(9-5-2)10-6-3/h5-6,12,14,21H,2-4,7-11,13H2,1H3. The predicted octanol–water partition coefficient (Wildman–Crippen LogP) is 2.92. The molecular formula is C17H26N2O2. The molecule has 1 rings (SSSR count). The van der Waals surface area contributed by atoms with Crippen LogP contribution in [-0.2, 0) is 13.1 Å². The number of nitrogens with zero attached hydrogens (tertiary/aromatic N) is 2. The van der Waals surface area contributed by atoms with Crippen LogP contribution in [0.3, 0.4) is 0 Å². The molecule has 0 aliphatic rings. The minimum absolute atomic E-state index is 0.186. The van der Waals surface area contributed by atoms with Crippen LogP contribution in [0.5, 0.6) is 5.75 Å². The van der Waals surface area contributed by atoms with Gasteiger partial charge in [-0.25, -0.2) is 0 Å². The molecule has 1 heterocycles. The lowest BCUT2D eigenvalue weighted by Gasteiger charge is -2.22. The van der Waals surface area contributed by atoms with Gasteiger partial charge in [0.25, 0.3) is 0 Å². The van der Waals surface area contributed by atoms with Gasteiger partial charge in [-0.2, -0.15) is 0 Å². The van der Waals surface area contributed by atoms with Crippen molar-refractivity contribution in [1.82, 2.24) is 9.47 Å². The van der Waals surface area contributed by atoms with E-state index >= 15 is 0 Å². The van der Waals surface area contributed by atoms with Crippen molar-refractivity contribution in [2.45, 2.75) is 39.3 Å². The number of hydrogen-bond donors (Lipinski definition) is 1. The average Bonchev–Trinajstić information content (AvgIpc) is 2.44. The lowest BCUT2D eigenvalue weighted by Crippen LogP contribution is -2.26. The molecule has 0 aliphatic heterocycles. The van der Waals surface area contributed by atoms with Gasteiger partial charge in [-0.3, -0.25) is 9.69 Å². The van der Waals surface area contributed by atoms with Gasteiger partial charge >= 0.3 is 0 Å². The highest BCUT2D eigenvalue weighted by Crippen LogP contribution is 2.10. The van der Waals surface area contributed by atoms with Gasteiger partial charge in [0, 0.05) is 37.9 Å². The molecule has 0 spiro atoms. The van der Waals surface area contributed by atoms with Crippen LogP contribution >= 0.6 is 0 Å². The predicted molar refractivity (Wildman–Crippen MR) is 87.6 cm³/mol. The highest BCUT2D eigenvalue weighted by molar-refractivity contribution is 5.20. The van der Waals surface area contributed by atoms with E-state index in [2.05, 4.69) is 25.0 Å². The monoisotopic (exact) mass is 290 g/mol. The molecular weight excluding hydrogens is 264 g/mol. The largest absolute Gasteiger partial charge is 0.503 e. The zero-order valence-electron chi connectivity index (χ0n) is 12.9. The summed E-state index contributed by atoms with van der Waals surface area (Å²) in [6.45, 7) is 12.6. The smallest absolute Gasteiger partial charge is 0.223 e. The second kappa shape index (κ2) is 9.19. The van der Waals surface area contributed by atoms with Crippen LogP contribution in [0.2, 0.25) is 0 Å². The molecule has 0 bridgehead atoms. The molecule has 4 heteroatoms. The van der Waals surface area contributed by atoms with E-state index in [9.17, 15) is 9.90 Å². The van der Waals surface area contributed by atoms with Crippen LogP contribution in [0.1, 0.15) is 31.9 Å². The Kier molecular flexibility index (Phi) is 7.54. The number of aryl methyl sites for hydroxylation is 1. The third-order valence-electron chi connectivity index (χ3n) is 3.36. The van der Waals surface area contributed by atoms with Crippen LogP contribution in [-0.4, -0.2) is 27.7 Å². The van der Waals surface area contributed by atoms with Gasteiger partial charge in [0.15, 0.2) is 5.75 Å². The topological polar surface area (TPSA) is 45.5 Å². The summed E-state index contributed by atoms with van der Waals surface area (Å²) in [5.74, 6) is -0.186. The first kappa shape index (κ1) is 17.2. The summed E-state index contributed by atoms with van der Waals surface area (Å²) < 4.78 is 1.98. The number of aromatic nitrogens is 1. The maximum Gasteiger partial charge on any atom is 0.223 e. The van der Waals surface area contributed by atoms with Gasteiger partial charge in [-0.15, -0.1) is 13.2 Å². The quantitative estimate of drug-likeness (QED) is 0.532. The molecule has 0 radical (unpaired) electrons. The molecule has 0 atom stereocenters. The van der Waals surface area contributed by atoms with Crippen LogP contribution in [0.15, 0.2) is 42.4 Å². The first-order valence-electron chi connectivity index (χ1n) is 7.48. The summed E-state index contributed by atoms with van der Waals surface area (Å²) in [6.07, 6.45) is 8.53. The molecule has 0 aromatic carbocycles. The van der Waals surface area contributed by atoms with Gasteiger partial charge in [0.05, 0.1) is 6.20 Å². The van der Waals surface area contributed by atoms with Gasteiger partial charge in [-0.05, 0) is 6.42 Å². The lowest BCUT2D eigenvalue weighted by molar-refractivity contribution is 0.314. The maximum atomic E-state index is 11.7. The van der Waals surface area contributed by atoms with Crippen molar-refractivity contribution in [3.8, 4) is 5.75 Å². The minimum Gasteiger partial charge on any atom is -0.503 e. The Balaban J connectivity index is 2.95. The third kappa shape index (κ3) is 5.60. The highest BCUT2D eigenvalue weighted by atomic mass is 16.3. The first-order chi connectivity index (χ1) is 10.1. The van der Waals surface area contributed by atoms with E-state index in [0.717, 1.165) is 44.6 Å². The molecule has 1 aromatic rings. The van der Waals surface area contributed by atoms with Crippen LogP contribution in [0, 0.1) is 0 Å². The van der Waals surface area contributed by atoms with Crippen molar-refractivity contribution in [2.75, 3.05) is 13.1 Å². The van der Waals surface area contributed by atoms with E-state index in [0.29, 0.717) is 6.54 Å². The average molecular weight is 290 g/mol. The number of aromatic hydroxyl groups is 1. The molecule has 0 aliphatic carbocycles. The van der Waals surface area contributed by atoms with Gasteiger partial charge in [0.2, 0.25) is 5.43 Å². The van der Waals surface area contributed by atoms with Gasteiger partial charge in [-0.1, -0.05) is 31.9 Å². The van der Waals surface area contributed by atoms with Crippen molar-refractivity contribution < 1.29 is 5.11 Å². The maximum absolute atomic E-state index is 11.7. The van der Waals surface area contributed by atoms with Crippen molar-refractivity contribution in [3.05, 3.63) is 53.5 Å². The number of unbranched alkanes of at least 4 members (excludes halogenated alkanes) is 2. The van der Waals surface area contributed by atoms with Crippen LogP contribution in [0.25, 0.3) is 0 Å². The summed E-state index contributed by atoms with van der Waals surface area (Å²) in [7, 11) is 0. The Labute approximate surface area is 127 Å². The van der Waals surface area contributed by atoms with Gasteiger partial charge < -0.3 is 9.67 Å². The summed E-state index contributed by atoms with van der Waals surface area (Å²) in [6, 6.07) is 1.53. The highest BCUT2D eigenvalue weighted by Gasteiger charge is 2.09. The molecule has 21 heavy (non-hydrogen) atoms. The molecule has 4 nitrogen and oxygen atoms in total. The van der Waals surface area contributed by atoms with Crippen molar-refractivity contribution in [3.63, 3.8) is 0 Å². The van der Waals surface area contributed by atoms with Gasteiger partial charge in [0.1, 0.15) is 0 Å². The Bertz CT molecular complexity index is 510. The fourth-order valence-corrected chi connectivity index (χ4v) is 2.28. The Morgan fingerprint density at radius 3 is 2.52 bits per heavy atom. The van der Waals surface area contributed by atoms with E-state index in [1.807, 2.05) is 16.7 Å². The molecule has 0 fully saturated rings. The molecule has 1 N–H and O–H groups in total. The summed E-state index contributed by atoms with van der Waals surface area (Å²) in [5.41, 5.74) is 0.589. The second-order valence-corrected chi connectivity index (χ2v) is 5.19. The number of hydrogen-bond acceptors (Lipinski definition) is 3. The van der Waals surface area contributed by atoms with E-state index in [4.69, 9.17) is 0 Å².